The molecule has 6 rings (SSSR count). The zero-order valence-electron chi connectivity index (χ0n) is 14.8. The van der Waals surface area contributed by atoms with E-state index in [0.29, 0.717) is 17.4 Å². The molecule has 8 nitrogen and oxygen atoms in total. The molecule has 1 N–H and O–H groups in total. The molecule has 142 valence electrons. The third-order valence-corrected chi connectivity index (χ3v) is 6.72. The van der Waals surface area contributed by atoms with Crippen molar-refractivity contribution in [1.82, 2.24) is 9.88 Å². The quantitative estimate of drug-likeness (QED) is 0.656. The summed E-state index contributed by atoms with van der Waals surface area (Å²) in [4.78, 5) is 35.1. The van der Waals surface area contributed by atoms with Gasteiger partial charge in [0.2, 0.25) is 5.91 Å². The van der Waals surface area contributed by atoms with E-state index in [4.69, 9.17) is 4.42 Å². The van der Waals surface area contributed by atoms with Crippen LogP contribution in [0, 0.1) is 33.8 Å². The normalized spacial score (nSPS) is 31.3. The highest BCUT2D eigenvalue weighted by Crippen LogP contribution is 2.53. The third-order valence-electron chi connectivity index (χ3n) is 6.72. The number of oxazole rings is 1. The number of non-ortho nitro benzene ring substituents is 1. The smallest absolute Gasteiger partial charge is 0.407 e. The summed E-state index contributed by atoms with van der Waals surface area (Å²) in [6.07, 6.45) is 6.18. The number of nitrogens with zero attached hydrogens (tertiary/aromatic N) is 2. The Bertz CT molecular complexity index is 963. The molecule has 1 aromatic carbocycles. The molecule has 0 aliphatic heterocycles. The van der Waals surface area contributed by atoms with Crippen molar-refractivity contribution in [2.24, 2.45) is 23.7 Å². The highest BCUT2D eigenvalue weighted by Gasteiger charge is 2.48. The SMILES string of the molecule is O=C(Cn1c(=O)oc2cc([N+](=O)[O-])ccc21)NC1C2CC3CC(C2)CC1C3. The summed E-state index contributed by atoms with van der Waals surface area (Å²) in [5.74, 6) is 1.91. The van der Waals surface area contributed by atoms with Crippen LogP contribution in [0.25, 0.3) is 11.1 Å². The average molecular weight is 371 g/mol. The van der Waals surface area contributed by atoms with E-state index in [1.807, 2.05) is 0 Å². The van der Waals surface area contributed by atoms with E-state index in [1.165, 1.54) is 54.9 Å². The summed E-state index contributed by atoms with van der Waals surface area (Å²) >= 11 is 0. The predicted molar refractivity (Wildman–Crippen MR) is 96.1 cm³/mol. The topological polar surface area (TPSA) is 107 Å². The third kappa shape index (κ3) is 2.74. The lowest BCUT2D eigenvalue weighted by Gasteiger charge is -2.54. The van der Waals surface area contributed by atoms with Crippen LogP contribution in [0.5, 0.6) is 0 Å². The van der Waals surface area contributed by atoms with Crippen LogP contribution < -0.4 is 11.1 Å². The molecule has 1 amide bonds. The monoisotopic (exact) mass is 371 g/mol. The number of amides is 1. The van der Waals surface area contributed by atoms with Crippen LogP contribution >= 0.6 is 0 Å². The Balaban J connectivity index is 1.35. The molecule has 0 spiro atoms. The molecule has 1 heterocycles. The second-order valence-electron chi connectivity index (χ2n) is 8.39. The summed E-state index contributed by atoms with van der Waals surface area (Å²) in [6.45, 7) is -0.132. The van der Waals surface area contributed by atoms with Gasteiger partial charge >= 0.3 is 5.76 Å². The molecule has 4 aliphatic carbocycles. The van der Waals surface area contributed by atoms with E-state index in [1.54, 1.807) is 0 Å². The van der Waals surface area contributed by atoms with Gasteiger partial charge in [-0.05, 0) is 61.8 Å². The Labute approximate surface area is 154 Å². The number of hydrogen-bond acceptors (Lipinski definition) is 5. The number of carbonyl (C=O) groups is 1. The van der Waals surface area contributed by atoms with Gasteiger partial charge in [0.25, 0.3) is 5.69 Å². The molecule has 8 heteroatoms. The molecule has 4 aliphatic rings. The molecule has 0 unspecified atom stereocenters. The summed E-state index contributed by atoms with van der Waals surface area (Å²) < 4.78 is 6.34. The van der Waals surface area contributed by atoms with E-state index in [9.17, 15) is 19.7 Å². The van der Waals surface area contributed by atoms with Gasteiger partial charge in [0, 0.05) is 12.1 Å². The number of rotatable bonds is 4. The van der Waals surface area contributed by atoms with Crippen LogP contribution in [0.4, 0.5) is 5.69 Å². The van der Waals surface area contributed by atoms with Gasteiger partial charge in [0.1, 0.15) is 6.54 Å². The molecule has 0 saturated heterocycles. The number of nitro groups is 1. The molecule has 2 aromatic rings. The van der Waals surface area contributed by atoms with Crippen LogP contribution in [0.1, 0.15) is 32.1 Å². The van der Waals surface area contributed by atoms with Crippen LogP contribution in [0.3, 0.4) is 0 Å². The van der Waals surface area contributed by atoms with Crippen LogP contribution in [0.15, 0.2) is 27.4 Å². The fourth-order valence-electron chi connectivity index (χ4n) is 5.85. The van der Waals surface area contributed by atoms with Gasteiger partial charge in [-0.1, -0.05) is 0 Å². The molecule has 4 fully saturated rings. The van der Waals surface area contributed by atoms with Crippen molar-refractivity contribution in [2.75, 3.05) is 0 Å². The lowest BCUT2D eigenvalue weighted by atomic mass is 9.54. The lowest BCUT2D eigenvalue weighted by molar-refractivity contribution is -0.384. The highest BCUT2D eigenvalue weighted by molar-refractivity contribution is 5.80. The molecule has 27 heavy (non-hydrogen) atoms. The van der Waals surface area contributed by atoms with Gasteiger partial charge in [-0.3, -0.25) is 19.5 Å². The molecule has 4 saturated carbocycles. The van der Waals surface area contributed by atoms with Crippen molar-refractivity contribution in [3.05, 3.63) is 38.9 Å². The van der Waals surface area contributed by atoms with Crippen molar-refractivity contribution in [2.45, 2.75) is 44.7 Å². The lowest BCUT2D eigenvalue weighted by Crippen LogP contribution is -2.56. The second-order valence-corrected chi connectivity index (χ2v) is 8.39. The number of hydrogen-bond donors (Lipinski definition) is 1. The molecule has 4 bridgehead atoms. The Morgan fingerprint density at radius 2 is 1.85 bits per heavy atom. The number of benzene rings is 1. The minimum atomic E-state index is -0.675. The largest absolute Gasteiger partial charge is 0.420 e. The maximum absolute atomic E-state index is 12.7. The highest BCUT2D eigenvalue weighted by atomic mass is 16.6. The number of nitro benzene ring substituents is 1. The molecule has 0 atom stereocenters. The number of fused-ring (bicyclic) bond motifs is 1. The van der Waals surface area contributed by atoms with E-state index >= 15 is 0 Å². The average Bonchev–Trinajstić information content (AvgIpc) is 2.92. The van der Waals surface area contributed by atoms with Gasteiger partial charge in [-0.15, -0.1) is 0 Å². The summed E-state index contributed by atoms with van der Waals surface area (Å²) in [6, 6.07) is 4.18. The Kier molecular flexibility index (Phi) is 3.63. The molecular weight excluding hydrogens is 350 g/mol. The number of nitrogens with one attached hydrogen (secondary N) is 1. The Hall–Kier alpha value is -2.64. The van der Waals surface area contributed by atoms with E-state index < -0.39 is 10.7 Å². The first-order chi connectivity index (χ1) is 13.0. The summed E-state index contributed by atoms with van der Waals surface area (Å²) in [5.41, 5.74) is 0.365. The standard InChI is InChI=1S/C19H21N3O5/c23-17(20-18-12-4-10-3-11(6-12)7-13(18)5-10)9-21-15-2-1-14(22(25)26)8-16(15)27-19(21)24/h1-2,8,10-13,18H,3-7,9H2,(H,20,23). The minimum Gasteiger partial charge on any atom is -0.407 e. The maximum Gasteiger partial charge on any atom is 0.420 e. The van der Waals surface area contributed by atoms with Crippen molar-refractivity contribution in [3.8, 4) is 0 Å². The Morgan fingerprint density at radius 1 is 1.19 bits per heavy atom. The number of carbonyl (C=O) groups excluding carboxylic acids is 1. The maximum atomic E-state index is 12.7. The van der Waals surface area contributed by atoms with Gasteiger partial charge in [-0.25, -0.2) is 4.79 Å². The van der Waals surface area contributed by atoms with Crippen LogP contribution in [0.2, 0.25) is 0 Å². The molecule has 1 aromatic heterocycles. The fraction of sp³-hybridized carbons (Fsp3) is 0.579. The zero-order valence-corrected chi connectivity index (χ0v) is 14.8. The number of aromatic nitrogens is 1. The fourth-order valence-corrected chi connectivity index (χ4v) is 5.85. The first-order valence-corrected chi connectivity index (χ1v) is 9.55. The van der Waals surface area contributed by atoms with Gasteiger partial charge in [-0.2, -0.15) is 0 Å². The zero-order chi connectivity index (χ0) is 18.7. The van der Waals surface area contributed by atoms with Crippen molar-refractivity contribution in [3.63, 3.8) is 0 Å². The van der Waals surface area contributed by atoms with Crippen molar-refractivity contribution >= 4 is 22.7 Å². The summed E-state index contributed by atoms with van der Waals surface area (Å²) in [7, 11) is 0. The van der Waals surface area contributed by atoms with E-state index in [-0.39, 0.29) is 29.8 Å². The van der Waals surface area contributed by atoms with Crippen molar-refractivity contribution < 1.29 is 14.1 Å². The van der Waals surface area contributed by atoms with Crippen LogP contribution in [-0.2, 0) is 11.3 Å². The van der Waals surface area contributed by atoms with E-state index in [0.717, 1.165) is 11.8 Å². The van der Waals surface area contributed by atoms with Crippen LogP contribution in [-0.4, -0.2) is 21.4 Å². The van der Waals surface area contributed by atoms with E-state index in [2.05, 4.69) is 5.32 Å². The minimum absolute atomic E-state index is 0.122. The van der Waals surface area contributed by atoms with Crippen molar-refractivity contribution in [1.29, 1.82) is 0 Å². The summed E-state index contributed by atoms with van der Waals surface area (Å²) in [5, 5.41) is 14.0. The second kappa shape index (κ2) is 5.94. The first kappa shape index (κ1) is 16.5. The van der Waals surface area contributed by atoms with Gasteiger partial charge in [0.05, 0.1) is 16.5 Å². The van der Waals surface area contributed by atoms with Gasteiger partial charge < -0.3 is 9.73 Å². The van der Waals surface area contributed by atoms with Gasteiger partial charge in [0.15, 0.2) is 5.58 Å². The predicted octanol–water partition coefficient (Wildman–Crippen LogP) is 2.44. The Morgan fingerprint density at radius 3 is 2.48 bits per heavy atom. The first-order valence-electron chi connectivity index (χ1n) is 9.55. The molecule has 0 radical (unpaired) electrons. The molecular formula is C19H21N3O5.